The third-order valence-corrected chi connectivity index (χ3v) is 6.55. The Morgan fingerprint density at radius 1 is 1.23 bits per heavy atom. The zero-order chi connectivity index (χ0) is 18.9. The smallest absolute Gasteiger partial charge is 0.241 e. The molecular formula is C18H26N2O5S. The average Bonchev–Trinajstić information content (AvgIpc) is 3.21. The number of anilines is 1. The Hall–Kier alpha value is -1.96. The van der Waals surface area contributed by atoms with E-state index < -0.39 is 10.0 Å². The van der Waals surface area contributed by atoms with Gasteiger partial charge in [0, 0.05) is 12.1 Å². The summed E-state index contributed by atoms with van der Waals surface area (Å²) in [6.45, 7) is -0.282. The summed E-state index contributed by atoms with van der Waals surface area (Å²) in [4.78, 5) is 12.6. The molecule has 2 fully saturated rings. The fourth-order valence-corrected chi connectivity index (χ4v) is 5.03. The minimum atomic E-state index is -3.68. The molecule has 3 rings (SSSR count). The van der Waals surface area contributed by atoms with Gasteiger partial charge in [-0.15, -0.1) is 0 Å². The number of sulfonamides is 1. The predicted molar refractivity (Wildman–Crippen MR) is 99.1 cm³/mol. The summed E-state index contributed by atoms with van der Waals surface area (Å²) in [5.41, 5.74) is 0.289. The van der Waals surface area contributed by atoms with Gasteiger partial charge in [0.05, 0.1) is 26.2 Å². The Kier molecular flexibility index (Phi) is 5.32. The minimum Gasteiger partial charge on any atom is -0.497 e. The van der Waals surface area contributed by atoms with Crippen LogP contribution in [0.3, 0.4) is 0 Å². The van der Waals surface area contributed by atoms with Crippen molar-refractivity contribution in [2.45, 2.75) is 31.7 Å². The van der Waals surface area contributed by atoms with E-state index in [0.717, 1.165) is 23.4 Å². The quantitative estimate of drug-likeness (QED) is 0.777. The molecule has 2 aliphatic rings. The molecule has 26 heavy (non-hydrogen) atoms. The van der Waals surface area contributed by atoms with Crippen LogP contribution in [-0.2, 0) is 14.8 Å². The highest BCUT2D eigenvalue weighted by Crippen LogP contribution is 2.44. The Labute approximate surface area is 154 Å². The van der Waals surface area contributed by atoms with Crippen molar-refractivity contribution in [2.24, 2.45) is 11.8 Å². The van der Waals surface area contributed by atoms with Crippen LogP contribution in [0.1, 0.15) is 25.7 Å². The normalized spacial score (nSPS) is 24.3. The molecule has 7 nitrogen and oxygen atoms in total. The van der Waals surface area contributed by atoms with Gasteiger partial charge in [-0.3, -0.25) is 9.10 Å². The lowest BCUT2D eigenvalue weighted by Crippen LogP contribution is -2.45. The first kappa shape index (κ1) is 18.8. The zero-order valence-electron chi connectivity index (χ0n) is 15.4. The van der Waals surface area contributed by atoms with Crippen LogP contribution in [0.5, 0.6) is 11.5 Å². The van der Waals surface area contributed by atoms with Crippen LogP contribution >= 0.6 is 0 Å². The molecule has 0 spiro atoms. The first-order valence-corrected chi connectivity index (χ1v) is 10.7. The molecular weight excluding hydrogens is 356 g/mol. The first-order valence-electron chi connectivity index (χ1n) is 8.81. The van der Waals surface area contributed by atoms with Gasteiger partial charge in [-0.25, -0.2) is 8.42 Å². The number of hydrogen-bond acceptors (Lipinski definition) is 5. The lowest BCUT2D eigenvalue weighted by Gasteiger charge is -2.27. The van der Waals surface area contributed by atoms with E-state index in [9.17, 15) is 13.2 Å². The second-order valence-corrected chi connectivity index (χ2v) is 9.06. The van der Waals surface area contributed by atoms with Crippen LogP contribution in [0.25, 0.3) is 0 Å². The maximum atomic E-state index is 12.6. The highest BCUT2D eigenvalue weighted by molar-refractivity contribution is 7.92. The van der Waals surface area contributed by atoms with E-state index in [4.69, 9.17) is 9.47 Å². The number of nitrogens with one attached hydrogen (secondary N) is 1. The van der Waals surface area contributed by atoms with E-state index in [1.54, 1.807) is 18.2 Å². The molecule has 0 unspecified atom stereocenters. The van der Waals surface area contributed by atoms with E-state index in [1.807, 2.05) is 0 Å². The summed E-state index contributed by atoms with van der Waals surface area (Å²) in [7, 11) is -0.720. The maximum Gasteiger partial charge on any atom is 0.241 e. The van der Waals surface area contributed by atoms with Crippen LogP contribution < -0.4 is 19.1 Å². The number of hydrogen-bond donors (Lipinski definition) is 1. The Balaban J connectivity index is 1.80. The zero-order valence-corrected chi connectivity index (χ0v) is 16.2. The number of nitrogens with zero attached hydrogens (tertiary/aromatic N) is 1. The summed E-state index contributed by atoms with van der Waals surface area (Å²) >= 11 is 0. The van der Waals surface area contributed by atoms with Crippen LogP contribution in [-0.4, -0.2) is 47.4 Å². The molecule has 3 atom stereocenters. The van der Waals surface area contributed by atoms with Crippen molar-refractivity contribution < 1.29 is 22.7 Å². The molecule has 144 valence electrons. The molecule has 1 amide bonds. The van der Waals surface area contributed by atoms with Crippen LogP contribution in [0.15, 0.2) is 18.2 Å². The third-order valence-electron chi connectivity index (χ3n) is 5.43. The van der Waals surface area contributed by atoms with Gasteiger partial charge in [0.15, 0.2) is 0 Å². The Morgan fingerprint density at radius 2 is 2.00 bits per heavy atom. The summed E-state index contributed by atoms with van der Waals surface area (Å²) < 4.78 is 36.2. The molecule has 0 saturated heterocycles. The largest absolute Gasteiger partial charge is 0.497 e. The van der Waals surface area contributed by atoms with Crippen LogP contribution in [0.2, 0.25) is 0 Å². The molecule has 1 aromatic rings. The Morgan fingerprint density at radius 3 is 2.54 bits per heavy atom. The number of ether oxygens (including phenoxy) is 2. The summed E-state index contributed by atoms with van der Waals surface area (Å²) in [5.74, 6) is 1.79. The number of carbonyl (C=O) groups excluding carboxylic acids is 1. The van der Waals surface area contributed by atoms with Crippen molar-refractivity contribution in [1.29, 1.82) is 0 Å². The second kappa shape index (κ2) is 7.34. The maximum absolute atomic E-state index is 12.6. The Bertz CT molecular complexity index is 780. The molecule has 0 aliphatic heterocycles. The van der Waals surface area contributed by atoms with Crippen molar-refractivity contribution in [3.05, 3.63) is 18.2 Å². The number of fused-ring (bicyclic) bond motifs is 2. The van der Waals surface area contributed by atoms with Crippen molar-refractivity contribution >= 4 is 21.6 Å². The highest BCUT2D eigenvalue weighted by atomic mass is 32.2. The number of carbonyl (C=O) groups is 1. The van der Waals surface area contributed by atoms with Gasteiger partial charge in [-0.05, 0) is 43.2 Å². The average molecular weight is 382 g/mol. The number of benzene rings is 1. The van der Waals surface area contributed by atoms with Crippen molar-refractivity contribution in [3.63, 3.8) is 0 Å². The van der Waals surface area contributed by atoms with E-state index >= 15 is 0 Å². The van der Waals surface area contributed by atoms with Gasteiger partial charge in [0.2, 0.25) is 15.9 Å². The molecule has 8 heteroatoms. The lowest BCUT2D eigenvalue weighted by molar-refractivity contribution is -0.120. The van der Waals surface area contributed by atoms with E-state index in [0.29, 0.717) is 23.3 Å². The van der Waals surface area contributed by atoms with Gasteiger partial charge in [0.1, 0.15) is 18.0 Å². The number of methoxy groups -OCH3 is 2. The van der Waals surface area contributed by atoms with Gasteiger partial charge < -0.3 is 14.8 Å². The van der Waals surface area contributed by atoms with Gasteiger partial charge in [-0.2, -0.15) is 0 Å². The second-order valence-electron chi connectivity index (χ2n) is 7.16. The number of amides is 1. The molecule has 1 aromatic carbocycles. The van der Waals surface area contributed by atoms with Gasteiger partial charge in [-0.1, -0.05) is 6.42 Å². The van der Waals surface area contributed by atoms with Gasteiger partial charge in [0.25, 0.3) is 0 Å². The molecule has 2 bridgehead atoms. The summed E-state index contributed by atoms with van der Waals surface area (Å²) in [5, 5.41) is 3.03. The van der Waals surface area contributed by atoms with E-state index in [2.05, 4.69) is 5.32 Å². The lowest BCUT2D eigenvalue weighted by atomic mass is 9.95. The monoisotopic (exact) mass is 382 g/mol. The van der Waals surface area contributed by atoms with Crippen molar-refractivity contribution in [1.82, 2.24) is 5.32 Å². The fraction of sp³-hybridized carbons (Fsp3) is 0.611. The van der Waals surface area contributed by atoms with Crippen LogP contribution in [0, 0.1) is 11.8 Å². The molecule has 0 radical (unpaired) electrons. The van der Waals surface area contributed by atoms with Crippen molar-refractivity contribution in [3.8, 4) is 11.5 Å². The van der Waals surface area contributed by atoms with E-state index in [1.165, 1.54) is 27.1 Å². The van der Waals surface area contributed by atoms with Gasteiger partial charge >= 0.3 is 0 Å². The summed E-state index contributed by atoms with van der Waals surface area (Å²) in [6, 6.07) is 5.03. The van der Waals surface area contributed by atoms with E-state index in [-0.39, 0.29) is 24.2 Å². The fourth-order valence-electron chi connectivity index (χ4n) is 4.18. The van der Waals surface area contributed by atoms with Crippen LogP contribution in [0.4, 0.5) is 5.69 Å². The number of rotatable bonds is 7. The SMILES string of the molecule is COc1ccc(OC)c(N(CC(=O)N[C@@H]2C[C@@H]3CC[C@@H]2C3)S(C)(=O)=O)c1. The minimum absolute atomic E-state index is 0.162. The van der Waals surface area contributed by atoms with Crippen molar-refractivity contribution in [2.75, 3.05) is 31.3 Å². The molecule has 2 saturated carbocycles. The molecule has 1 N–H and O–H groups in total. The summed E-state index contributed by atoms with van der Waals surface area (Å²) in [6.07, 6.45) is 5.64. The third kappa shape index (κ3) is 3.90. The predicted octanol–water partition coefficient (Wildman–Crippen LogP) is 1.77. The molecule has 0 heterocycles. The standard InChI is InChI=1S/C18H26N2O5S/c1-24-14-6-7-17(25-2)16(10-14)20(26(3,22)23)11-18(21)19-15-9-12-4-5-13(15)8-12/h6-7,10,12-13,15H,4-5,8-9,11H2,1-3H3,(H,19,21)/t12-,13-,15-/m1/s1. The first-order chi connectivity index (χ1) is 12.3. The topological polar surface area (TPSA) is 84.9 Å². The molecule has 0 aromatic heterocycles. The molecule has 2 aliphatic carbocycles. The highest BCUT2D eigenvalue weighted by Gasteiger charge is 2.40.